The van der Waals surface area contributed by atoms with Gasteiger partial charge in [0.05, 0.1) is 23.3 Å². The van der Waals surface area contributed by atoms with E-state index in [9.17, 15) is 27.5 Å². The highest BCUT2D eigenvalue weighted by atomic mass is 35.5. The molecule has 240 valence electrons. The zero-order chi connectivity index (χ0) is 32.3. The Morgan fingerprint density at radius 3 is 2.51 bits per heavy atom. The number of aromatic nitrogens is 1. The van der Waals surface area contributed by atoms with Gasteiger partial charge < -0.3 is 21.1 Å². The van der Waals surface area contributed by atoms with Gasteiger partial charge in [0, 0.05) is 41.7 Å². The van der Waals surface area contributed by atoms with Gasteiger partial charge in [-0.15, -0.1) is 0 Å². The second-order valence-corrected chi connectivity index (χ2v) is 14.0. The molecule has 1 aliphatic carbocycles. The summed E-state index contributed by atoms with van der Waals surface area (Å²) >= 11 is 6.07. The average Bonchev–Trinajstić information content (AvgIpc) is 3.84. The highest BCUT2D eigenvalue weighted by Crippen LogP contribution is 2.35. The van der Waals surface area contributed by atoms with Gasteiger partial charge in [-0.05, 0) is 68.0 Å². The molecule has 2 amide bonds. The Balaban J connectivity index is 1.43. The number of anilines is 1. The molecule has 10 nitrogen and oxygen atoms in total. The van der Waals surface area contributed by atoms with Crippen molar-refractivity contribution >= 4 is 39.3 Å². The monoisotopic (exact) mass is 661 g/mol. The number of amides is 2. The minimum Gasteiger partial charge on any atom is -0.465 e. The van der Waals surface area contributed by atoms with Gasteiger partial charge in [0.25, 0.3) is 0 Å². The van der Waals surface area contributed by atoms with Crippen molar-refractivity contribution in [2.45, 2.75) is 61.9 Å². The maximum absolute atomic E-state index is 15.3. The Morgan fingerprint density at radius 2 is 1.84 bits per heavy atom. The van der Waals surface area contributed by atoms with Gasteiger partial charge in [0.1, 0.15) is 17.7 Å². The molecule has 0 radical (unpaired) electrons. The van der Waals surface area contributed by atoms with Crippen LogP contribution in [0.4, 0.5) is 19.3 Å². The van der Waals surface area contributed by atoms with E-state index in [-0.39, 0.29) is 30.1 Å². The second-order valence-electron chi connectivity index (χ2n) is 11.4. The SMILES string of the molecule is C[C@H]1CNC[C@H](CCc2c(F)cncc2NC(=O)[C@@H](NC(=O)O)[C@@H](c2ccc(Cl)cc2)c2cccc(F)c2)N1S(=O)(=O)C1CC1. The number of nitrogens with zero attached hydrogens (tertiary/aromatic N) is 2. The number of sulfonamides is 1. The summed E-state index contributed by atoms with van der Waals surface area (Å²) in [5.41, 5.74) is 0.912. The lowest BCUT2D eigenvalue weighted by atomic mass is 9.84. The average molecular weight is 662 g/mol. The number of hydrogen-bond acceptors (Lipinski definition) is 6. The number of nitrogens with one attached hydrogen (secondary N) is 3. The van der Waals surface area contributed by atoms with Crippen LogP contribution in [-0.2, 0) is 21.2 Å². The van der Waals surface area contributed by atoms with E-state index >= 15 is 4.39 Å². The zero-order valence-electron chi connectivity index (χ0n) is 24.4. The van der Waals surface area contributed by atoms with E-state index in [1.807, 2.05) is 6.92 Å². The fourth-order valence-corrected chi connectivity index (χ4v) is 8.32. The maximum atomic E-state index is 15.3. The first-order valence-electron chi connectivity index (χ1n) is 14.6. The standard InChI is InChI=1S/C31H34ClF2N5O5S/c1-18-14-35-15-23(39(18)45(43,44)24-10-11-24)9-12-25-26(34)16-36-17-27(25)37-30(40)29(38-31(41)42)28(19-5-7-21(32)8-6-19)20-3-2-4-22(33)13-20/h2-8,13,16-18,23-24,28-29,35,38H,9-12,14-15H2,1H3,(H,37,40)(H,41,42)/t18-,23-,28-,29-/m0/s1. The van der Waals surface area contributed by atoms with Gasteiger partial charge in [0.2, 0.25) is 15.9 Å². The molecule has 5 rings (SSSR count). The summed E-state index contributed by atoms with van der Waals surface area (Å²) < 4.78 is 57.6. The molecule has 4 N–H and O–H groups in total. The Kier molecular flexibility index (Phi) is 10.0. The van der Waals surface area contributed by atoms with Gasteiger partial charge in [-0.3, -0.25) is 9.78 Å². The van der Waals surface area contributed by atoms with Gasteiger partial charge in [0.15, 0.2) is 0 Å². The number of pyridine rings is 1. The first-order chi connectivity index (χ1) is 21.5. The van der Waals surface area contributed by atoms with Crippen LogP contribution in [0.1, 0.15) is 48.8 Å². The van der Waals surface area contributed by atoms with Crippen molar-refractivity contribution in [1.82, 2.24) is 19.9 Å². The van der Waals surface area contributed by atoms with E-state index in [0.29, 0.717) is 42.1 Å². The summed E-state index contributed by atoms with van der Waals surface area (Å²) in [5, 5.41) is 17.8. The lowest BCUT2D eigenvalue weighted by molar-refractivity contribution is -0.118. The summed E-state index contributed by atoms with van der Waals surface area (Å²) in [7, 11) is -3.50. The maximum Gasteiger partial charge on any atom is 0.405 e. The molecule has 2 heterocycles. The van der Waals surface area contributed by atoms with Gasteiger partial charge >= 0.3 is 6.09 Å². The van der Waals surface area contributed by atoms with Gasteiger partial charge in [-0.2, -0.15) is 4.31 Å². The second kappa shape index (κ2) is 13.8. The molecule has 2 fully saturated rings. The summed E-state index contributed by atoms with van der Waals surface area (Å²) in [6.45, 7) is 2.74. The summed E-state index contributed by atoms with van der Waals surface area (Å²) in [6.07, 6.45) is 2.34. The van der Waals surface area contributed by atoms with E-state index < -0.39 is 56.9 Å². The summed E-state index contributed by atoms with van der Waals surface area (Å²) in [6, 6.07) is 9.63. The third-order valence-corrected chi connectivity index (χ3v) is 11.0. The Morgan fingerprint density at radius 1 is 1.11 bits per heavy atom. The van der Waals surface area contributed by atoms with E-state index in [0.717, 1.165) is 6.20 Å². The van der Waals surface area contributed by atoms with Crippen LogP contribution in [-0.4, -0.2) is 71.3 Å². The van der Waals surface area contributed by atoms with Crippen molar-refractivity contribution in [3.8, 4) is 0 Å². The fraction of sp³-hybridized carbons (Fsp3) is 0.387. The number of carboxylic acid groups (broad SMARTS) is 1. The lowest BCUT2D eigenvalue weighted by Crippen LogP contribution is -2.59. The molecule has 2 aliphatic rings. The van der Waals surface area contributed by atoms with Crippen molar-refractivity contribution in [2.75, 3.05) is 18.4 Å². The smallest absolute Gasteiger partial charge is 0.405 e. The normalized spacial score (nSPS) is 20.3. The molecule has 3 aromatic rings. The number of benzene rings is 2. The molecular formula is C31H34ClF2N5O5S. The van der Waals surface area contributed by atoms with Crippen molar-refractivity contribution in [3.05, 3.63) is 94.3 Å². The molecule has 0 bridgehead atoms. The number of halogens is 3. The van der Waals surface area contributed by atoms with E-state index in [4.69, 9.17) is 11.6 Å². The highest BCUT2D eigenvalue weighted by molar-refractivity contribution is 7.90. The fourth-order valence-electron chi connectivity index (χ4n) is 5.95. The van der Waals surface area contributed by atoms with Gasteiger partial charge in [-0.1, -0.05) is 35.9 Å². The number of piperazine rings is 1. The molecule has 45 heavy (non-hydrogen) atoms. The van der Waals surface area contributed by atoms with Crippen molar-refractivity contribution in [1.29, 1.82) is 0 Å². The lowest BCUT2D eigenvalue weighted by Gasteiger charge is -2.40. The van der Waals surface area contributed by atoms with Crippen molar-refractivity contribution < 1.29 is 31.9 Å². The first kappa shape index (κ1) is 32.7. The Bertz CT molecular complexity index is 1660. The summed E-state index contributed by atoms with van der Waals surface area (Å²) in [5.74, 6) is -3.11. The topological polar surface area (TPSA) is 141 Å². The third-order valence-electron chi connectivity index (χ3n) is 8.18. The van der Waals surface area contributed by atoms with Crippen LogP contribution in [0.25, 0.3) is 0 Å². The van der Waals surface area contributed by atoms with Crippen LogP contribution in [0.15, 0.2) is 60.9 Å². The zero-order valence-corrected chi connectivity index (χ0v) is 26.0. The van der Waals surface area contributed by atoms with E-state index in [2.05, 4.69) is 20.9 Å². The molecule has 1 aromatic heterocycles. The largest absolute Gasteiger partial charge is 0.465 e. The molecule has 4 atom stereocenters. The van der Waals surface area contributed by atoms with Gasteiger partial charge in [-0.25, -0.2) is 22.0 Å². The predicted molar refractivity (Wildman–Crippen MR) is 166 cm³/mol. The minimum atomic E-state index is -3.50. The van der Waals surface area contributed by atoms with E-state index in [1.54, 1.807) is 34.6 Å². The molecule has 0 spiro atoms. The minimum absolute atomic E-state index is 0.0136. The van der Waals surface area contributed by atoms with Crippen LogP contribution in [0.5, 0.6) is 0 Å². The van der Waals surface area contributed by atoms with Crippen LogP contribution < -0.4 is 16.0 Å². The van der Waals surface area contributed by atoms with E-state index in [1.165, 1.54) is 24.4 Å². The van der Waals surface area contributed by atoms with Crippen LogP contribution >= 0.6 is 11.6 Å². The molecule has 14 heteroatoms. The molecule has 0 unspecified atom stereocenters. The predicted octanol–water partition coefficient (Wildman–Crippen LogP) is 4.51. The summed E-state index contributed by atoms with van der Waals surface area (Å²) in [4.78, 5) is 29.7. The molecule has 1 aliphatic heterocycles. The Hall–Kier alpha value is -3.65. The molecule has 2 aromatic carbocycles. The van der Waals surface area contributed by atoms with Crippen molar-refractivity contribution in [3.63, 3.8) is 0 Å². The number of rotatable bonds is 11. The Labute approximate surface area is 265 Å². The molecular weight excluding hydrogens is 628 g/mol. The van der Waals surface area contributed by atoms with Crippen LogP contribution in [0.2, 0.25) is 5.02 Å². The van der Waals surface area contributed by atoms with Crippen LogP contribution in [0, 0.1) is 11.6 Å². The van der Waals surface area contributed by atoms with Crippen molar-refractivity contribution in [2.24, 2.45) is 0 Å². The number of carbonyl (C=O) groups excluding carboxylic acids is 1. The molecule has 1 saturated carbocycles. The quantitative estimate of drug-likeness (QED) is 0.237. The van der Waals surface area contributed by atoms with Crippen LogP contribution in [0.3, 0.4) is 0 Å². The number of carbonyl (C=O) groups is 2. The first-order valence-corrected chi connectivity index (χ1v) is 16.5. The third kappa shape index (κ3) is 7.60. The number of hydrogen-bond donors (Lipinski definition) is 4. The highest BCUT2D eigenvalue weighted by Gasteiger charge is 2.45. The molecule has 1 saturated heterocycles.